The van der Waals surface area contributed by atoms with Crippen LogP contribution in [0.25, 0.3) is 10.9 Å². The molecule has 4 heteroatoms. The van der Waals surface area contributed by atoms with Crippen molar-refractivity contribution in [3.05, 3.63) is 70.9 Å². The molecular weight excluding hydrogens is 394 g/mol. The Hall–Kier alpha value is -2.14. The van der Waals surface area contributed by atoms with Crippen LogP contribution in [0.1, 0.15) is 35.2 Å². The zero-order chi connectivity index (χ0) is 21.9. The maximum atomic E-state index is 5.46. The summed E-state index contributed by atoms with van der Waals surface area (Å²) in [6.07, 6.45) is 5.11. The van der Waals surface area contributed by atoms with E-state index in [1.807, 2.05) is 7.11 Å². The van der Waals surface area contributed by atoms with E-state index in [2.05, 4.69) is 70.2 Å². The van der Waals surface area contributed by atoms with Gasteiger partial charge in [0, 0.05) is 55.9 Å². The van der Waals surface area contributed by atoms with Gasteiger partial charge in [-0.3, -0.25) is 9.80 Å². The number of fused-ring (bicyclic) bond motifs is 2. The highest BCUT2D eigenvalue weighted by atomic mass is 16.5. The quantitative estimate of drug-likeness (QED) is 0.556. The molecule has 4 nitrogen and oxygen atoms in total. The lowest BCUT2D eigenvalue weighted by Crippen LogP contribution is -2.46. The van der Waals surface area contributed by atoms with Crippen LogP contribution in [0.4, 0.5) is 0 Å². The first-order valence-corrected chi connectivity index (χ1v) is 12.3. The second-order valence-corrected chi connectivity index (χ2v) is 9.84. The maximum absolute atomic E-state index is 5.46. The second-order valence-electron chi connectivity index (χ2n) is 9.84. The van der Waals surface area contributed by atoms with Crippen LogP contribution in [0.3, 0.4) is 0 Å². The van der Waals surface area contributed by atoms with E-state index in [-0.39, 0.29) is 0 Å². The molecule has 1 aliphatic heterocycles. The maximum Gasteiger partial charge on any atom is 0.0589 e. The van der Waals surface area contributed by atoms with Gasteiger partial charge in [0.1, 0.15) is 0 Å². The molecule has 0 saturated carbocycles. The lowest BCUT2D eigenvalue weighted by Gasteiger charge is -2.38. The number of hydrogen-bond donors (Lipinski definition) is 1. The summed E-state index contributed by atoms with van der Waals surface area (Å²) in [6.45, 7) is 8.62. The van der Waals surface area contributed by atoms with Crippen LogP contribution in [-0.4, -0.2) is 60.7 Å². The molecule has 0 bridgehead atoms. The second kappa shape index (κ2) is 9.78. The number of ether oxygens (including phenoxy) is 1. The van der Waals surface area contributed by atoms with Crippen LogP contribution < -0.4 is 0 Å². The van der Waals surface area contributed by atoms with Gasteiger partial charge in [-0.15, -0.1) is 0 Å². The van der Waals surface area contributed by atoms with Crippen LogP contribution in [0.2, 0.25) is 0 Å². The zero-order valence-corrected chi connectivity index (χ0v) is 19.6. The standard InChI is InChI=1S/C28H37N3O/c1-21-26-11-5-6-12-27(26)29-28(21)20-30(14-15-32-2)18-22-8-7-13-31(19-22)25-16-23-9-3-4-10-24(23)17-25/h3-6,9-12,22,25,29H,7-8,13-20H2,1-2H3. The Balaban J connectivity index is 1.25. The van der Waals surface area contributed by atoms with Gasteiger partial charge in [-0.1, -0.05) is 42.5 Å². The van der Waals surface area contributed by atoms with Crippen molar-refractivity contribution in [2.24, 2.45) is 5.92 Å². The molecule has 1 unspecified atom stereocenters. The average molecular weight is 432 g/mol. The normalized spacial score (nSPS) is 19.8. The topological polar surface area (TPSA) is 31.5 Å². The average Bonchev–Trinajstić information content (AvgIpc) is 3.39. The minimum absolute atomic E-state index is 0.693. The largest absolute Gasteiger partial charge is 0.383 e. The highest BCUT2D eigenvalue weighted by molar-refractivity contribution is 5.84. The Morgan fingerprint density at radius 3 is 2.56 bits per heavy atom. The van der Waals surface area contributed by atoms with Crippen LogP contribution >= 0.6 is 0 Å². The first-order valence-electron chi connectivity index (χ1n) is 12.3. The molecule has 0 amide bonds. The summed E-state index contributed by atoms with van der Waals surface area (Å²) in [6, 6.07) is 18.4. The number of nitrogens with one attached hydrogen (secondary N) is 1. The van der Waals surface area contributed by atoms with E-state index in [4.69, 9.17) is 4.74 Å². The van der Waals surface area contributed by atoms with Gasteiger partial charge < -0.3 is 9.72 Å². The van der Waals surface area contributed by atoms with Crippen molar-refractivity contribution in [1.82, 2.24) is 14.8 Å². The van der Waals surface area contributed by atoms with E-state index >= 15 is 0 Å². The Morgan fingerprint density at radius 2 is 1.81 bits per heavy atom. The predicted molar refractivity (Wildman–Crippen MR) is 132 cm³/mol. The fourth-order valence-electron chi connectivity index (χ4n) is 5.91. The van der Waals surface area contributed by atoms with Gasteiger partial charge in [0.15, 0.2) is 0 Å². The number of aromatic amines is 1. The molecule has 1 aromatic heterocycles. The molecule has 2 heterocycles. The predicted octanol–water partition coefficient (Wildman–Crippen LogP) is 4.80. The summed E-state index contributed by atoms with van der Waals surface area (Å²) in [4.78, 5) is 9.08. The molecule has 2 aliphatic rings. The minimum Gasteiger partial charge on any atom is -0.383 e. The van der Waals surface area contributed by atoms with Crippen molar-refractivity contribution in [3.63, 3.8) is 0 Å². The number of benzene rings is 2. The number of H-pyrrole nitrogens is 1. The van der Waals surface area contributed by atoms with Crippen molar-refractivity contribution >= 4 is 10.9 Å². The van der Waals surface area contributed by atoms with Crippen molar-refractivity contribution in [2.45, 2.75) is 45.2 Å². The Bertz CT molecular complexity index is 1020. The first-order chi connectivity index (χ1) is 15.7. The van der Waals surface area contributed by atoms with Crippen molar-refractivity contribution < 1.29 is 4.74 Å². The van der Waals surface area contributed by atoms with Gasteiger partial charge in [-0.25, -0.2) is 0 Å². The highest BCUT2D eigenvalue weighted by Crippen LogP contribution is 2.29. The van der Waals surface area contributed by atoms with E-state index in [0.717, 1.165) is 32.2 Å². The van der Waals surface area contributed by atoms with E-state index in [9.17, 15) is 0 Å². The Labute approximate surface area is 192 Å². The highest BCUT2D eigenvalue weighted by Gasteiger charge is 2.31. The third-order valence-corrected chi connectivity index (χ3v) is 7.68. The molecule has 32 heavy (non-hydrogen) atoms. The molecule has 1 fully saturated rings. The van der Waals surface area contributed by atoms with Crippen molar-refractivity contribution in [3.8, 4) is 0 Å². The van der Waals surface area contributed by atoms with Crippen LogP contribution in [0.5, 0.6) is 0 Å². The fraction of sp³-hybridized carbons (Fsp3) is 0.500. The number of para-hydroxylation sites is 1. The fourth-order valence-corrected chi connectivity index (χ4v) is 5.91. The molecule has 1 saturated heterocycles. The van der Waals surface area contributed by atoms with Gasteiger partial charge in [0.2, 0.25) is 0 Å². The molecule has 170 valence electrons. The van der Waals surface area contributed by atoms with Gasteiger partial charge in [-0.05, 0) is 67.8 Å². The van der Waals surface area contributed by atoms with Crippen LogP contribution in [0, 0.1) is 12.8 Å². The summed E-state index contributed by atoms with van der Waals surface area (Å²) < 4.78 is 5.46. The molecular formula is C28H37N3O. The Kier molecular flexibility index (Phi) is 6.63. The molecule has 1 atom stereocenters. The monoisotopic (exact) mass is 431 g/mol. The summed E-state index contributed by atoms with van der Waals surface area (Å²) in [5.74, 6) is 0.731. The molecule has 3 aromatic rings. The first kappa shape index (κ1) is 21.7. The van der Waals surface area contributed by atoms with E-state index in [0.29, 0.717) is 6.04 Å². The van der Waals surface area contributed by atoms with Gasteiger partial charge in [-0.2, -0.15) is 0 Å². The van der Waals surface area contributed by atoms with Crippen LogP contribution in [0.15, 0.2) is 48.5 Å². The lowest BCUT2D eigenvalue weighted by molar-refractivity contribution is 0.0839. The number of aryl methyl sites for hydroxylation is 1. The molecule has 0 radical (unpaired) electrons. The van der Waals surface area contributed by atoms with Gasteiger partial charge in [0.05, 0.1) is 6.61 Å². The van der Waals surface area contributed by atoms with Gasteiger partial charge >= 0.3 is 0 Å². The summed E-state index contributed by atoms with van der Waals surface area (Å²) >= 11 is 0. The molecule has 0 spiro atoms. The SMILES string of the molecule is COCCN(Cc1[nH]c2ccccc2c1C)CC1CCCN(C2Cc3ccccc3C2)C1. The number of nitrogens with zero attached hydrogens (tertiary/aromatic N) is 2. The van der Waals surface area contributed by atoms with E-state index < -0.39 is 0 Å². The number of rotatable bonds is 8. The van der Waals surface area contributed by atoms with Crippen molar-refractivity contribution in [1.29, 1.82) is 0 Å². The number of piperidine rings is 1. The van der Waals surface area contributed by atoms with Gasteiger partial charge in [0.25, 0.3) is 0 Å². The minimum atomic E-state index is 0.693. The van der Waals surface area contributed by atoms with E-state index in [1.54, 1.807) is 11.1 Å². The smallest absolute Gasteiger partial charge is 0.0589 e. The molecule has 5 rings (SSSR count). The summed E-state index contributed by atoms with van der Waals surface area (Å²) in [5, 5.41) is 1.35. The molecule has 2 aromatic carbocycles. The summed E-state index contributed by atoms with van der Waals surface area (Å²) in [5.41, 5.74) is 7.11. The number of methoxy groups -OCH3 is 1. The lowest BCUT2D eigenvalue weighted by atomic mass is 9.95. The number of hydrogen-bond acceptors (Lipinski definition) is 3. The van der Waals surface area contributed by atoms with Crippen molar-refractivity contribution in [2.75, 3.05) is 39.9 Å². The number of aromatic nitrogens is 1. The van der Waals surface area contributed by atoms with E-state index in [1.165, 1.54) is 60.9 Å². The number of likely N-dealkylation sites (tertiary alicyclic amines) is 1. The van der Waals surface area contributed by atoms with Crippen LogP contribution in [-0.2, 0) is 24.1 Å². The summed E-state index contributed by atoms with van der Waals surface area (Å²) in [7, 11) is 1.81. The third-order valence-electron chi connectivity index (χ3n) is 7.68. The molecule has 1 N–H and O–H groups in total. The third kappa shape index (κ3) is 4.63. The zero-order valence-electron chi connectivity index (χ0n) is 19.6. The Morgan fingerprint density at radius 1 is 1.06 bits per heavy atom. The molecule has 1 aliphatic carbocycles.